The van der Waals surface area contributed by atoms with Crippen molar-refractivity contribution in [3.8, 4) is 11.5 Å². The standard InChI is InChI=1S/C24H26N2O4/c1-16(25-23(28)10-7-18-4-3-5-21(27)15-18)17(2)26-24(29)11-8-19-6-9-22-20(14-19)12-13-30-22/h3-11,14-17,27H,12-13H2,1-2H3,(H,25,28)(H,26,29)/b10-7+,11-8+. The first-order valence-electron chi connectivity index (χ1n) is 9.92. The molecule has 6 heteroatoms. The van der Waals surface area contributed by atoms with E-state index in [4.69, 9.17) is 4.74 Å². The van der Waals surface area contributed by atoms with Gasteiger partial charge < -0.3 is 20.5 Å². The Labute approximate surface area is 176 Å². The van der Waals surface area contributed by atoms with E-state index < -0.39 is 0 Å². The van der Waals surface area contributed by atoms with Crippen molar-refractivity contribution in [3.05, 3.63) is 71.3 Å². The minimum atomic E-state index is -0.275. The number of amides is 2. The third kappa shape index (κ3) is 5.98. The van der Waals surface area contributed by atoms with Crippen LogP contribution < -0.4 is 15.4 Å². The topological polar surface area (TPSA) is 87.7 Å². The Balaban J connectivity index is 1.47. The molecule has 2 aromatic carbocycles. The number of ether oxygens (including phenoxy) is 1. The predicted octanol–water partition coefficient (Wildman–Crippen LogP) is 3.06. The van der Waals surface area contributed by atoms with E-state index in [1.54, 1.807) is 36.4 Å². The van der Waals surface area contributed by atoms with Gasteiger partial charge in [0.05, 0.1) is 6.61 Å². The summed E-state index contributed by atoms with van der Waals surface area (Å²) in [5, 5.41) is 15.1. The van der Waals surface area contributed by atoms with E-state index in [0.29, 0.717) is 6.61 Å². The van der Waals surface area contributed by atoms with Crippen molar-refractivity contribution < 1.29 is 19.4 Å². The summed E-state index contributed by atoms with van der Waals surface area (Å²) in [5.74, 6) is 0.551. The number of carbonyl (C=O) groups is 2. The fraction of sp³-hybridized carbons (Fsp3) is 0.250. The second-order valence-electron chi connectivity index (χ2n) is 7.32. The fourth-order valence-corrected chi connectivity index (χ4v) is 3.08. The van der Waals surface area contributed by atoms with Crippen molar-refractivity contribution in [2.45, 2.75) is 32.4 Å². The van der Waals surface area contributed by atoms with Crippen molar-refractivity contribution in [1.29, 1.82) is 0 Å². The van der Waals surface area contributed by atoms with E-state index in [0.717, 1.165) is 28.9 Å². The highest BCUT2D eigenvalue weighted by Gasteiger charge is 2.15. The number of phenols is 1. The molecule has 3 rings (SSSR count). The van der Waals surface area contributed by atoms with Gasteiger partial charge in [-0.2, -0.15) is 0 Å². The van der Waals surface area contributed by atoms with Crippen LogP contribution in [0.4, 0.5) is 0 Å². The van der Waals surface area contributed by atoms with Gasteiger partial charge in [0, 0.05) is 30.7 Å². The Kier molecular flexibility index (Phi) is 6.91. The largest absolute Gasteiger partial charge is 0.508 e. The number of hydrogen-bond donors (Lipinski definition) is 3. The number of rotatable bonds is 7. The average molecular weight is 406 g/mol. The zero-order valence-electron chi connectivity index (χ0n) is 17.1. The van der Waals surface area contributed by atoms with Crippen LogP contribution in [0.1, 0.15) is 30.5 Å². The van der Waals surface area contributed by atoms with Gasteiger partial charge in [0.15, 0.2) is 0 Å². The van der Waals surface area contributed by atoms with Gasteiger partial charge in [0.1, 0.15) is 11.5 Å². The lowest BCUT2D eigenvalue weighted by Crippen LogP contribution is -2.47. The summed E-state index contributed by atoms with van der Waals surface area (Å²) in [7, 11) is 0. The van der Waals surface area contributed by atoms with E-state index in [2.05, 4.69) is 10.6 Å². The normalized spacial score (nSPS) is 14.9. The molecule has 0 fully saturated rings. The van der Waals surface area contributed by atoms with Gasteiger partial charge in [0.25, 0.3) is 0 Å². The molecule has 156 valence electrons. The molecule has 2 amide bonds. The van der Waals surface area contributed by atoms with E-state index in [-0.39, 0.29) is 29.6 Å². The van der Waals surface area contributed by atoms with Crippen LogP contribution in [0, 0.1) is 0 Å². The smallest absolute Gasteiger partial charge is 0.244 e. The number of fused-ring (bicyclic) bond motifs is 1. The molecule has 1 aliphatic heterocycles. The Morgan fingerprint density at radius 1 is 0.967 bits per heavy atom. The SMILES string of the molecule is CC(NC(=O)/C=C/c1cccc(O)c1)C(C)NC(=O)/C=C/c1ccc2c(c1)CCO2. The molecule has 1 heterocycles. The van der Waals surface area contributed by atoms with Crippen LogP contribution in [0.5, 0.6) is 11.5 Å². The van der Waals surface area contributed by atoms with Crippen LogP contribution in [-0.4, -0.2) is 35.6 Å². The molecule has 0 saturated carbocycles. The molecule has 2 atom stereocenters. The highest BCUT2D eigenvalue weighted by atomic mass is 16.5. The third-order valence-corrected chi connectivity index (χ3v) is 4.93. The molecule has 30 heavy (non-hydrogen) atoms. The Morgan fingerprint density at radius 3 is 2.23 bits per heavy atom. The lowest BCUT2D eigenvalue weighted by atomic mass is 10.1. The van der Waals surface area contributed by atoms with Crippen LogP contribution in [0.3, 0.4) is 0 Å². The summed E-state index contributed by atoms with van der Waals surface area (Å²) in [4.78, 5) is 24.3. The van der Waals surface area contributed by atoms with Crippen LogP contribution in [-0.2, 0) is 16.0 Å². The molecular formula is C24H26N2O4. The highest BCUT2D eigenvalue weighted by molar-refractivity contribution is 5.93. The van der Waals surface area contributed by atoms with Crippen molar-refractivity contribution in [2.75, 3.05) is 6.61 Å². The first-order valence-corrected chi connectivity index (χ1v) is 9.92. The Morgan fingerprint density at radius 2 is 1.60 bits per heavy atom. The highest BCUT2D eigenvalue weighted by Crippen LogP contribution is 2.26. The zero-order valence-corrected chi connectivity index (χ0v) is 17.1. The predicted molar refractivity (Wildman–Crippen MR) is 117 cm³/mol. The lowest BCUT2D eigenvalue weighted by molar-refractivity contribution is -0.119. The Hall–Kier alpha value is -3.54. The summed E-state index contributed by atoms with van der Waals surface area (Å²) in [6.07, 6.45) is 7.16. The van der Waals surface area contributed by atoms with E-state index in [1.807, 2.05) is 32.0 Å². The second-order valence-corrected chi connectivity index (χ2v) is 7.32. The van der Waals surface area contributed by atoms with Gasteiger partial charge in [-0.25, -0.2) is 0 Å². The minimum absolute atomic E-state index is 0.142. The summed E-state index contributed by atoms with van der Waals surface area (Å²) >= 11 is 0. The van der Waals surface area contributed by atoms with Crippen molar-refractivity contribution >= 4 is 24.0 Å². The first kappa shape index (κ1) is 21.2. The summed E-state index contributed by atoms with van der Waals surface area (Å²) < 4.78 is 5.48. The third-order valence-electron chi connectivity index (χ3n) is 4.93. The monoisotopic (exact) mass is 406 g/mol. The van der Waals surface area contributed by atoms with Crippen LogP contribution in [0.25, 0.3) is 12.2 Å². The van der Waals surface area contributed by atoms with Crippen molar-refractivity contribution in [2.24, 2.45) is 0 Å². The maximum atomic E-state index is 12.2. The second kappa shape index (κ2) is 9.78. The molecule has 1 aliphatic rings. The van der Waals surface area contributed by atoms with Gasteiger partial charge in [0.2, 0.25) is 11.8 Å². The van der Waals surface area contributed by atoms with Gasteiger partial charge in [-0.05, 0) is 67.0 Å². The molecule has 0 aliphatic carbocycles. The molecule has 0 radical (unpaired) electrons. The van der Waals surface area contributed by atoms with Crippen LogP contribution >= 0.6 is 0 Å². The molecule has 3 N–H and O–H groups in total. The van der Waals surface area contributed by atoms with Crippen LogP contribution in [0.15, 0.2) is 54.6 Å². The molecule has 6 nitrogen and oxygen atoms in total. The van der Waals surface area contributed by atoms with Gasteiger partial charge in [-0.3, -0.25) is 9.59 Å². The molecule has 2 aromatic rings. The summed E-state index contributed by atoms with van der Waals surface area (Å²) in [6, 6.07) is 12.0. The minimum Gasteiger partial charge on any atom is -0.508 e. The molecule has 2 unspecified atom stereocenters. The maximum absolute atomic E-state index is 12.2. The van der Waals surface area contributed by atoms with E-state index in [9.17, 15) is 14.7 Å². The number of hydrogen-bond acceptors (Lipinski definition) is 4. The van der Waals surface area contributed by atoms with Gasteiger partial charge in [-0.1, -0.05) is 18.2 Å². The molecular weight excluding hydrogens is 380 g/mol. The van der Waals surface area contributed by atoms with Gasteiger partial charge >= 0.3 is 0 Å². The molecule has 0 spiro atoms. The zero-order chi connectivity index (χ0) is 21.5. The van der Waals surface area contributed by atoms with Crippen LogP contribution in [0.2, 0.25) is 0 Å². The van der Waals surface area contributed by atoms with Gasteiger partial charge in [-0.15, -0.1) is 0 Å². The van der Waals surface area contributed by atoms with Crippen molar-refractivity contribution in [1.82, 2.24) is 10.6 Å². The summed E-state index contributed by atoms with van der Waals surface area (Å²) in [6.45, 7) is 4.37. The average Bonchev–Trinajstić information content (AvgIpc) is 3.18. The van der Waals surface area contributed by atoms with E-state index in [1.165, 1.54) is 12.2 Å². The number of phenolic OH excluding ortho intramolecular Hbond substituents is 1. The quantitative estimate of drug-likeness (QED) is 0.617. The molecule has 0 bridgehead atoms. The number of carbonyl (C=O) groups excluding carboxylic acids is 2. The number of aromatic hydroxyl groups is 1. The first-order chi connectivity index (χ1) is 14.4. The van der Waals surface area contributed by atoms with E-state index >= 15 is 0 Å². The van der Waals surface area contributed by atoms with Crippen molar-refractivity contribution in [3.63, 3.8) is 0 Å². The molecule has 0 saturated heterocycles. The Bertz CT molecular complexity index is 981. The summed E-state index contributed by atoms with van der Waals surface area (Å²) in [5.41, 5.74) is 2.82. The molecule has 0 aromatic heterocycles. The maximum Gasteiger partial charge on any atom is 0.244 e. The number of benzene rings is 2. The fourth-order valence-electron chi connectivity index (χ4n) is 3.08. The number of nitrogens with one attached hydrogen (secondary N) is 2. The lowest BCUT2D eigenvalue weighted by Gasteiger charge is -2.21.